The van der Waals surface area contributed by atoms with Gasteiger partial charge in [0.25, 0.3) is 11.8 Å². The Morgan fingerprint density at radius 2 is 1.77 bits per heavy atom. The molecular weight excluding hydrogens is 396 g/mol. The largest absolute Gasteiger partial charge is 0.352 e. The van der Waals surface area contributed by atoms with Gasteiger partial charge in [-0.3, -0.25) is 19.3 Å². The van der Waals surface area contributed by atoms with Crippen molar-refractivity contribution in [2.24, 2.45) is 0 Å². The number of anilines is 1. The van der Waals surface area contributed by atoms with Gasteiger partial charge in [-0.2, -0.15) is 0 Å². The van der Waals surface area contributed by atoms with Gasteiger partial charge >= 0.3 is 6.03 Å². The standard InChI is InChI=1S/C23H26N4O4/c1-3-13-23(17-10-6-5-7-11-17)21(30)27(22(31)26-23)15-19(28)25-18-12-8-9-16(14-18)20(29)24-4-2/h5-12,14H,3-4,13,15H2,1-2H3,(H,24,29)(H,25,28)(H,26,31)/t23-/m0/s1. The van der Waals surface area contributed by atoms with Gasteiger partial charge in [-0.1, -0.05) is 49.7 Å². The summed E-state index contributed by atoms with van der Waals surface area (Å²) >= 11 is 0. The number of hydrogen-bond acceptors (Lipinski definition) is 4. The number of urea groups is 1. The topological polar surface area (TPSA) is 108 Å². The molecule has 0 bridgehead atoms. The smallest absolute Gasteiger partial charge is 0.325 e. The van der Waals surface area contributed by atoms with E-state index in [1.54, 1.807) is 36.4 Å². The lowest BCUT2D eigenvalue weighted by molar-refractivity contribution is -0.134. The zero-order valence-corrected chi connectivity index (χ0v) is 17.6. The SMILES string of the molecule is CCC[C@@]1(c2ccccc2)NC(=O)N(CC(=O)Nc2cccc(C(=O)NCC)c2)C1=O. The van der Waals surface area contributed by atoms with Gasteiger partial charge in [0.15, 0.2) is 0 Å². The zero-order chi connectivity index (χ0) is 22.4. The second-order valence-corrected chi connectivity index (χ2v) is 7.33. The molecule has 0 unspecified atom stereocenters. The third-order valence-electron chi connectivity index (χ3n) is 5.11. The van der Waals surface area contributed by atoms with E-state index < -0.39 is 29.9 Å². The number of hydrogen-bond donors (Lipinski definition) is 3. The summed E-state index contributed by atoms with van der Waals surface area (Å²) in [5.41, 5.74) is 0.322. The van der Waals surface area contributed by atoms with Crippen molar-refractivity contribution in [3.05, 3.63) is 65.7 Å². The molecule has 2 aromatic rings. The lowest BCUT2D eigenvalue weighted by Gasteiger charge is -2.26. The van der Waals surface area contributed by atoms with E-state index in [4.69, 9.17) is 0 Å². The predicted molar refractivity (Wildman–Crippen MR) is 116 cm³/mol. The molecule has 3 rings (SSSR count). The zero-order valence-electron chi connectivity index (χ0n) is 17.6. The molecule has 5 amide bonds. The van der Waals surface area contributed by atoms with Crippen molar-refractivity contribution in [2.45, 2.75) is 32.2 Å². The first-order chi connectivity index (χ1) is 14.9. The van der Waals surface area contributed by atoms with Crippen LogP contribution in [-0.2, 0) is 15.1 Å². The molecule has 1 heterocycles. The van der Waals surface area contributed by atoms with Crippen LogP contribution >= 0.6 is 0 Å². The molecule has 0 radical (unpaired) electrons. The highest BCUT2D eigenvalue weighted by atomic mass is 16.2. The summed E-state index contributed by atoms with van der Waals surface area (Å²) in [5, 5.41) is 8.14. The molecule has 1 saturated heterocycles. The van der Waals surface area contributed by atoms with E-state index in [0.717, 1.165) is 4.90 Å². The Kier molecular flexibility index (Phi) is 6.69. The van der Waals surface area contributed by atoms with Gasteiger partial charge in [-0.25, -0.2) is 4.79 Å². The normalized spacial score (nSPS) is 17.9. The minimum Gasteiger partial charge on any atom is -0.352 e. The summed E-state index contributed by atoms with van der Waals surface area (Å²) in [5.74, 6) is -1.23. The van der Waals surface area contributed by atoms with Crippen molar-refractivity contribution in [3.8, 4) is 0 Å². The van der Waals surface area contributed by atoms with Crippen molar-refractivity contribution in [1.82, 2.24) is 15.5 Å². The number of imide groups is 1. The Balaban J connectivity index is 1.75. The highest BCUT2D eigenvalue weighted by molar-refractivity contribution is 6.10. The summed E-state index contributed by atoms with van der Waals surface area (Å²) in [6, 6.07) is 14.9. The summed E-state index contributed by atoms with van der Waals surface area (Å²) in [6.07, 6.45) is 1.10. The van der Waals surface area contributed by atoms with Crippen LogP contribution in [0.5, 0.6) is 0 Å². The molecule has 1 fully saturated rings. The van der Waals surface area contributed by atoms with Gasteiger partial charge in [-0.15, -0.1) is 0 Å². The van der Waals surface area contributed by atoms with E-state index in [-0.39, 0.29) is 5.91 Å². The molecule has 0 aliphatic carbocycles. The van der Waals surface area contributed by atoms with E-state index in [1.807, 2.05) is 32.0 Å². The molecular formula is C23H26N4O4. The number of carbonyl (C=O) groups excluding carboxylic acids is 4. The lowest BCUT2D eigenvalue weighted by Crippen LogP contribution is -2.44. The Hall–Kier alpha value is -3.68. The molecule has 162 valence electrons. The molecule has 0 aromatic heterocycles. The van der Waals surface area contributed by atoms with Crippen LogP contribution in [0.2, 0.25) is 0 Å². The molecule has 0 saturated carbocycles. The van der Waals surface area contributed by atoms with Crippen molar-refractivity contribution < 1.29 is 19.2 Å². The van der Waals surface area contributed by atoms with Crippen LogP contribution in [0.4, 0.5) is 10.5 Å². The monoisotopic (exact) mass is 422 g/mol. The maximum atomic E-state index is 13.2. The fraction of sp³-hybridized carbons (Fsp3) is 0.304. The molecule has 31 heavy (non-hydrogen) atoms. The van der Waals surface area contributed by atoms with E-state index in [1.165, 1.54) is 0 Å². The summed E-state index contributed by atoms with van der Waals surface area (Å²) in [6.45, 7) is 3.81. The highest BCUT2D eigenvalue weighted by Crippen LogP contribution is 2.33. The molecule has 0 spiro atoms. The lowest BCUT2D eigenvalue weighted by atomic mass is 9.85. The number of rotatable bonds is 8. The Labute approximate surface area is 181 Å². The Bertz CT molecular complexity index is 992. The maximum absolute atomic E-state index is 13.2. The van der Waals surface area contributed by atoms with Crippen molar-refractivity contribution in [1.29, 1.82) is 0 Å². The molecule has 1 aliphatic rings. The number of carbonyl (C=O) groups is 4. The van der Waals surface area contributed by atoms with Crippen LogP contribution in [-0.4, -0.2) is 41.7 Å². The fourth-order valence-corrected chi connectivity index (χ4v) is 3.72. The van der Waals surface area contributed by atoms with Gasteiger partial charge in [0.2, 0.25) is 5.91 Å². The van der Waals surface area contributed by atoms with Crippen molar-refractivity contribution in [3.63, 3.8) is 0 Å². The third-order valence-corrected chi connectivity index (χ3v) is 5.11. The molecule has 2 aromatic carbocycles. The predicted octanol–water partition coefficient (Wildman–Crippen LogP) is 2.62. The average molecular weight is 422 g/mol. The second kappa shape index (κ2) is 9.42. The van der Waals surface area contributed by atoms with Gasteiger partial charge in [0.05, 0.1) is 0 Å². The summed E-state index contributed by atoms with van der Waals surface area (Å²) < 4.78 is 0. The Morgan fingerprint density at radius 1 is 1.03 bits per heavy atom. The molecule has 8 nitrogen and oxygen atoms in total. The van der Waals surface area contributed by atoms with Crippen LogP contribution < -0.4 is 16.0 Å². The first-order valence-corrected chi connectivity index (χ1v) is 10.3. The van der Waals surface area contributed by atoms with Crippen LogP contribution in [0.15, 0.2) is 54.6 Å². The van der Waals surface area contributed by atoms with E-state index in [9.17, 15) is 19.2 Å². The fourth-order valence-electron chi connectivity index (χ4n) is 3.72. The van der Waals surface area contributed by atoms with Gasteiger partial charge < -0.3 is 16.0 Å². The van der Waals surface area contributed by atoms with Crippen LogP contribution in [0.25, 0.3) is 0 Å². The first-order valence-electron chi connectivity index (χ1n) is 10.3. The molecule has 8 heteroatoms. The maximum Gasteiger partial charge on any atom is 0.325 e. The minimum absolute atomic E-state index is 0.250. The van der Waals surface area contributed by atoms with Gasteiger partial charge in [0.1, 0.15) is 12.1 Å². The number of nitrogens with zero attached hydrogens (tertiary/aromatic N) is 1. The second-order valence-electron chi connectivity index (χ2n) is 7.33. The summed E-state index contributed by atoms with van der Waals surface area (Å²) in [7, 11) is 0. The van der Waals surface area contributed by atoms with Gasteiger partial charge in [-0.05, 0) is 37.1 Å². The van der Waals surface area contributed by atoms with Gasteiger partial charge in [0, 0.05) is 17.8 Å². The van der Waals surface area contributed by atoms with Crippen molar-refractivity contribution >= 4 is 29.4 Å². The van der Waals surface area contributed by atoms with Crippen LogP contribution in [0, 0.1) is 0 Å². The van der Waals surface area contributed by atoms with E-state index in [0.29, 0.717) is 36.2 Å². The highest BCUT2D eigenvalue weighted by Gasteiger charge is 2.52. The molecule has 1 atom stereocenters. The number of benzene rings is 2. The average Bonchev–Trinajstić information content (AvgIpc) is 3.00. The van der Waals surface area contributed by atoms with Crippen LogP contribution in [0.3, 0.4) is 0 Å². The number of amides is 5. The van der Waals surface area contributed by atoms with E-state index in [2.05, 4.69) is 16.0 Å². The third kappa shape index (κ3) is 4.58. The summed E-state index contributed by atoms with van der Waals surface area (Å²) in [4.78, 5) is 51.4. The Morgan fingerprint density at radius 3 is 2.45 bits per heavy atom. The minimum atomic E-state index is -1.18. The first kappa shape index (κ1) is 22.0. The van der Waals surface area contributed by atoms with Crippen molar-refractivity contribution in [2.75, 3.05) is 18.4 Å². The quantitative estimate of drug-likeness (QED) is 0.569. The molecule has 3 N–H and O–H groups in total. The number of nitrogens with one attached hydrogen (secondary N) is 3. The molecule has 1 aliphatic heterocycles. The van der Waals surface area contributed by atoms with E-state index >= 15 is 0 Å². The van der Waals surface area contributed by atoms with Crippen LogP contribution in [0.1, 0.15) is 42.6 Å².